The van der Waals surface area contributed by atoms with E-state index in [-0.39, 0.29) is 34.2 Å². The van der Waals surface area contributed by atoms with Gasteiger partial charge in [0, 0.05) is 48.4 Å². The first-order valence-corrected chi connectivity index (χ1v) is 13.3. The normalized spacial score (nSPS) is 18.7. The molecule has 1 N–H and O–H groups in total. The van der Waals surface area contributed by atoms with Gasteiger partial charge in [0.2, 0.25) is 5.91 Å². The zero-order valence-corrected chi connectivity index (χ0v) is 22.9. The van der Waals surface area contributed by atoms with E-state index in [1.165, 1.54) is 54.5 Å². The highest BCUT2D eigenvalue weighted by atomic mass is 35.5. The van der Waals surface area contributed by atoms with Gasteiger partial charge in [0.05, 0.1) is 18.2 Å². The largest absolute Gasteiger partial charge is 0.351 e. The minimum absolute atomic E-state index is 0.0244. The summed E-state index contributed by atoms with van der Waals surface area (Å²) >= 11 is 6.50. The molecular formula is C29H24ClF3N6O3. The highest BCUT2D eigenvalue weighted by molar-refractivity contribution is 6.31. The van der Waals surface area contributed by atoms with E-state index in [1.54, 1.807) is 12.1 Å². The Bertz CT molecular complexity index is 1590. The third-order valence-electron chi connectivity index (χ3n) is 7.16. The summed E-state index contributed by atoms with van der Waals surface area (Å²) in [4.78, 5) is 49.2. The van der Waals surface area contributed by atoms with Gasteiger partial charge in [-0.25, -0.2) is 22.9 Å². The van der Waals surface area contributed by atoms with Crippen LogP contribution in [-0.4, -0.2) is 59.3 Å². The topological polar surface area (TPSA) is 110 Å². The molecule has 4 amide bonds. The van der Waals surface area contributed by atoms with Gasteiger partial charge in [-0.1, -0.05) is 35.9 Å². The Morgan fingerprint density at radius 3 is 2.57 bits per heavy atom. The summed E-state index contributed by atoms with van der Waals surface area (Å²) in [5, 5.41) is 12.1. The number of benzene rings is 2. The molecule has 1 saturated heterocycles. The van der Waals surface area contributed by atoms with Crippen LogP contribution in [-0.2, 0) is 9.59 Å². The van der Waals surface area contributed by atoms with E-state index in [9.17, 15) is 32.8 Å². The van der Waals surface area contributed by atoms with Gasteiger partial charge in [-0.2, -0.15) is 5.26 Å². The van der Waals surface area contributed by atoms with Crippen LogP contribution in [0, 0.1) is 17.1 Å². The molecule has 1 aromatic heterocycles. The van der Waals surface area contributed by atoms with E-state index in [4.69, 9.17) is 11.6 Å². The van der Waals surface area contributed by atoms with Gasteiger partial charge in [0.1, 0.15) is 23.7 Å². The molecule has 1 saturated carbocycles. The maximum absolute atomic E-state index is 14.6. The smallest absolute Gasteiger partial charge is 0.326 e. The van der Waals surface area contributed by atoms with Gasteiger partial charge in [0.15, 0.2) is 0 Å². The van der Waals surface area contributed by atoms with Crippen LogP contribution in [0.5, 0.6) is 0 Å². The summed E-state index contributed by atoms with van der Waals surface area (Å²) in [6.07, 6.45) is 0.177. The number of amides is 4. The molecule has 0 radical (unpaired) electrons. The number of nitrogens with one attached hydrogen (secondary N) is 1. The summed E-state index contributed by atoms with van der Waals surface area (Å²) < 4.78 is 41.8. The summed E-state index contributed by atoms with van der Waals surface area (Å²) in [6.45, 7) is -0.131. The maximum atomic E-state index is 14.6. The van der Waals surface area contributed by atoms with Crippen LogP contribution in [0.1, 0.15) is 30.0 Å². The Morgan fingerprint density at radius 2 is 1.90 bits per heavy atom. The van der Waals surface area contributed by atoms with Gasteiger partial charge in [0.25, 0.3) is 11.8 Å². The lowest BCUT2D eigenvalue weighted by atomic mass is 9.87. The number of hydrogen-bond acceptors (Lipinski definition) is 5. The number of nitriles is 1. The Kier molecular flexibility index (Phi) is 7.79. The average Bonchev–Trinajstić information content (AvgIpc) is 3.24. The number of carbonyl (C=O) groups is 3. The lowest BCUT2D eigenvalue weighted by Gasteiger charge is -2.39. The molecule has 1 unspecified atom stereocenters. The number of alkyl halides is 2. The van der Waals surface area contributed by atoms with Crippen molar-refractivity contribution in [3.05, 3.63) is 88.8 Å². The van der Waals surface area contributed by atoms with Gasteiger partial charge >= 0.3 is 6.03 Å². The fourth-order valence-electron chi connectivity index (χ4n) is 5.13. The van der Waals surface area contributed by atoms with Crippen LogP contribution >= 0.6 is 11.6 Å². The second-order valence-corrected chi connectivity index (χ2v) is 10.6. The van der Waals surface area contributed by atoms with Gasteiger partial charge in [-0.3, -0.25) is 19.4 Å². The number of pyridine rings is 1. The SMILES string of the molecule is CN1C[C@@H](C(=O)N(c2cccc(F)c2)C(C(=O)NC2CC(F)(F)C2)c2ccccc2Cl)N(c2cc(C#N)ccn2)C1=O. The first kappa shape index (κ1) is 28.9. The number of rotatable bonds is 7. The highest BCUT2D eigenvalue weighted by Gasteiger charge is 2.49. The molecule has 2 aromatic carbocycles. The van der Waals surface area contributed by atoms with Crippen molar-refractivity contribution < 1.29 is 27.6 Å². The van der Waals surface area contributed by atoms with Crippen molar-refractivity contribution in [3.63, 3.8) is 0 Å². The lowest BCUT2D eigenvalue weighted by molar-refractivity contribution is -0.133. The van der Waals surface area contributed by atoms with E-state index < -0.39 is 60.6 Å². The fraction of sp³-hybridized carbons (Fsp3) is 0.276. The van der Waals surface area contributed by atoms with Crippen LogP contribution in [0.3, 0.4) is 0 Å². The highest BCUT2D eigenvalue weighted by Crippen LogP contribution is 2.39. The second-order valence-electron chi connectivity index (χ2n) is 10.1. The van der Waals surface area contributed by atoms with Gasteiger partial charge < -0.3 is 10.2 Å². The first-order chi connectivity index (χ1) is 20.0. The van der Waals surface area contributed by atoms with E-state index in [0.29, 0.717) is 0 Å². The number of nitrogens with zero attached hydrogens (tertiary/aromatic N) is 5. The molecule has 216 valence electrons. The molecule has 3 aromatic rings. The lowest BCUT2D eigenvalue weighted by Crippen LogP contribution is -2.56. The predicted octanol–water partition coefficient (Wildman–Crippen LogP) is 4.67. The van der Waals surface area contributed by atoms with E-state index >= 15 is 0 Å². The van der Waals surface area contributed by atoms with E-state index in [2.05, 4.69) is 10.3 Å². The molecule has 9 nitrogen and oxygen atoms in total. The number of aromatic nitrogens is 1. The summed E-state index contributed by atoms with van der Waals surface area (Å²) in [6, 6.07) is 11.7. The third kappa shape index (κ3) is 5.60. The zero-order valence-electron chi connectivity index (χ0n) is 22.2. The molecular weight excluding hydrogens is 573 g/mol. The molecule has 13 heteroatoms. The zero-order chi connectivity index (χ0) is 30.2. The number of urea groups is 1. The van der Waals surface area contributed by atoms with Crippen molar-refractivity contribution in [2.45, 2.75) is 36.9 Å². The molecule has 2 aliphatic rings. The summed E-state index contributed by atoms with van der Waals surface area (Å²) in [7, 11) is 1.47. The quantitative estimate of drug-likeness (QED) is 0.426. The molecule has 42 heavy (non-hydrogen) atoms. The minimum Gasteiger partial charge on any atom is -0.351 e. The van der Waals surface area contributed by atoms with Crippen LogP contribution < -0.4 is 15.1 Å². The van der Waals surface area contributed by atoms with E-state index in [1.807, 2.05) is 6.07 Å². The number of halogens is 4. The number of anilines is 2. The van der Waals surface area contributed by atoms with Crippen molar-refractivity contribution in [1.82, 2.24) is 15.2 Å². The van der Waals surface area contributed by atoms with Crippen LogP contribution in [0.15, 0.2) is 66.9 Å². The fourth-order valence-corrected chi connectivity index (χ4v) is 5.37. The van der Waals surface area contributed by atoms with Crippen molar-refractivity contribution >= 4 is 41.0 Å². The molecule has 1 aliphatic carbocycles. The number of likely N-dealkylation sites (N-methyl/N-ethyl adjacent to an activating group) is 1. The van der Waals surface area contributed by atoms with Crippen LogP contribution in [0.4, 0.5) is 29.5 Å². The van der Waals surface area contributed by atoms with Gasteiger partial charge in [-0.15, -0.1) is 0 Å². The first-order valence-electron chi connectivity index (χ1n) is 12.9. The molecule has 2 heterocycles. The third-order valence-corrected chi connectivity index (χ3v) is 7.51. The Hall–Kier alpha value is -4.63. The Labute approximate surface area is 244 Å². The number of carbonyl (C=O) groups excluding carboxylic acids is 3. The maximum Gasteiger partial charge on any atom is 0.326 e. The standard InChI is InChI=1S/C29H24ClF3N6O3/c1-37-16-23(39(28(37)42)24-11-17(15-34)9-10-35-24)27(41)38(20-6-4-5-18(31)12-20)25(21-7-2-3-8-22(21)30)26(40)36-19-13-29(32,33)14-19/h2-12,19,23,25H,13-14,16H2,1H3,(H,36,40)/t23-,25?/m0/s1. The van der Waals surface area contributed by atoms with Crippen molar-refractivity contribution in [2.24, 2.45) is 0 Å². The number of hydrogen-bond donors (Lipinski definition) is 1. The molecule has 2 fully saturated rings. The summed E-state index contributed by atoms with van der Waals surface area (Å²) in [5.74, 6) is -5.20. The molecule has 0 spiro atoms. The minimum atomic E-state index is -2.92. The predicted molar refractivity (Wildman–Crippen MR) is 147 cm³/mol. The van der Waals surface area contributed by atoms with E-state index in [0.717, 1.165) is 21.9 Å². The monoisotopic (exact) mass is 596 g/mol. The van der Waals surface area contributed by atoms with Gasteiger partial charge in [-0.05, 0) is 36.4 Å². The molecule has 1 aliphatic heterocycles. The Balaban J connectivity index is 1.63. The summed E-state index contributed by atoms with van der Waals surface area (Å²) in [5.41, 5.74) is 0.329. The van der Waals surface area contributed by atoms with Crippen LogP contribution in [0.2, 0.25) is 5.02 Å². The molecule has 0 bridgehead atoms. The molecule has 2 atom stereocenters. The second kappa shape index (κ2) is 11.3. The van der Waals surface area contributed by atoms with Crippen molar-refractivity contribution in [2.75, 3.05) is 23.4 Å². The average molecular weight is 597 g/mol. The van der Waals surface area contributed by atoms with Crippen molar-refractivity contribution in [3.8, 4) is 6.07 Å². The Morgan fingerprint density at radius 1 is 1.17 bits per heavy atom. The molecule has 5 rings (SSSR count). The van der Waals surface area contributed by atoms with Crippen molar-refractivity contribution in [1.29, 1.82) is 5.26 Å². The van der Waals surface area contributed by atoms with Crippen LogP contribution in [0.25, 0.3) is 0 Å².